The van der Waals surface area contributed by atoms with Crippen LogP contribution in [0.15, 0.2) is 24.3 Å². The van der Waals surface area contributed by atoms with Crippen LogP contribution in [0.3, 0.4) is 0 Å². The third-order valence-electron chi connectivity index (χ3n) is 2.84. The van der Waals surface area contributed by atoms with Crippen molar-refractivity contribution in [3.8, 4) is 5.75 Å². The average molecular weight is 262 g/mol. The number of hydrogen-bond acceptors (Lipinski definition) is 4. The molecule has 0 aliphatic rings. The van der Waals surface area contributed by atoms with E-state index in [-0.39, 0.29) is 17.7 Å². The summed E-state index contributed by atoms with van der Waals surface area (Å²) >= 11 is 0. The largest absolute Gasteiger partial charge is 0.507 e. The number of carbonyl (C=O) groups is 3. The summed E-state index contributed by atoms with van der Waals surface area (Å²) in [6.45, 7) is 2.01. The highest BCUT2D eigenvalue weighted by atomic mass is 16.3. The molecule has 1 N–H and O–H groups in total. The van der Waals surface area contributed by atoms with E-state index in [1.54, 1.807) is 12.1 Å². The number of rotatable bonds is 8. The summed E-state index contributed by atoms with van der Waals surface area (Å²) in [4.78, 5) is 34.9. The van der Waals surface area contributed by atoms with Crippen molar-refractivity contribution in [3.63, 3.8) is 0 Å². The molecule has 0 saturated carbocycles. The quantitative estimate of drug-likeness (QED) is 0.338. The molecule has 4 heteroatoms. The Morgan fingerprint density at radius 3 is 2.37 bits per heavy atom. The lowest BCUT2D eigenvalue weighted by atomic mass is 10.0. The molecule has 1 aromatic carbocycles. The molecule has 19 heavy (non-hydrogen) atoms. The predicted octanol–water partition coefficient (Wildman–Crippen LogP) is 2.68. The third-order valence-corrected chi connectivity index (χ3v) is 2.84. The second-order valence-electron chi connectivity index (χ2n) is 4.42. The molecule has 0 spiro atoms. The number of hydrogen-bond donors (Lipinski definition) is 1. The number of Topliss-reactive ketones (excluding diaryl/α,β-unsaturated/α-hetero) is 3. The van der Waals surface area contributed by atoms with E-state index in [2.05, 4.69) is 0 Å². The highest BCUT2D eigenvalue weighted by Gasteiger charge is 2.19. The number of unbranched alkanes of at least 4 members (excludes halogenated alkanes) is 2. The van der Waals surface area contributed by atoms with Gasteiger partial charge in [0.25, 0.3) is 0 Å². The molecule has 0 amide bonds. The Bertz CT molecular complexity index is 477. The van der Waals surface area contributed by atoms with E-state index in [0.29, 0.717) is 6.42 Å². The Morgan fingerprint density at radius 1 is 1.05 bits per heavy atom. The van der Waals surface area contributed by atoms with Crippen LogP contribution in [0.4, 0.5) is 0 Å². The van der Waals surface area contributed by atoms with E-state index < -0.39 is 23.8 Å². The molecular weight excluding hydrogens is 244 g/mol. The molecular formula is C15H18O4. The molecule has 0 aliphatic carbocycles. The van der Waals surface area contributed by atoms with E-state index in [1.807, 2.05) is 6.92 Å². The van der Waals surface area contributed by atoms with Crippen molar-refractivity contribution in [3.05, 3.63) is 29.8 Å². The lowest BCUT2D eigenvalue weighted by molar-refractivity contribution is -0.136. The van der Waals surface area contributed by atoms with Crippen molar-refractivity contribution in [2.24, 2.45) is 0 Å². The van der Waals surface area contributed by atoms with Crippen LogP contribution in [-0.4, -0.2) is 22.5 Å². The van der Waals surface area contributed by atoms with Gasteiger partial charge in [0.1, 0.15) is 5.75 Å². The molecule has 1 rings (SSSR count). The van der Waals surface area contributed by atoms with E-state index in [4.69, 9.17) is 0 Å². The van der Waals surface area contributed by atoms with E-state index in [9.17, 15) is 19.5 Å². The van der Waals surface area contributed by atoms with Crippen LogP contribution >= 0.6 is 0 Å². The van der Waals surface area contributed by atoms with Crippen LogP contribution in [0.2, 0.25) is 0 Å². The van der Waals surface area contributed by atoms with Crippen LogP contribution < -0.4 is 0 Å². The fourth-order valence-corrected chi connectivity index (χ4v) is 1.72. The first-order valence-electron chi connectivity index (χ1n) is 6.43. The SMILES string of the molecule is CCCCCC(=O)C(=O)CC(=O)c1ccccc1O. The molecule has 0 unspecified atom stereocenters. The summed E-state index contributed by atoms with van der Waals surface area (Å²) in [5, 5.41) is 9.49. The topological polar surface area (TPSA) is 71.4 Å². The number of benzene rings is 1. The van der Waals surface area contributed by atoms with Crippen LogP contribution in [-0.2, 0) is 9.59 Å². The van der Waals surface area contributed by atoms with Gasteiger partial charge in [0.05, 0.1) is 12.0 Å². The van der Waals surface area contributed by atoms with Gasteiger partial charge in [-0.2, -0.15) is 0 Å². The van der Waals surface area contributed by atoms with E-state index >= 15 is 0 Å². The first kappa shape index (κ1) is 15.1. The van der Waals surface area contributed by atoms with Gasteiger partial charge in [0.2, 0.25) is 5.78 Å². The van der Waals surface area contributed by atoms with Gasteiger partial charge in [-0.25, -0.2) is 0 Å². The number of phenolic OH excluding ortho intramolecular Hbond substituents is 1. The van der Waals surface area contributed by atoms with Crippen molar-refractivity contribution in [1.29, 1.82) is 0 Å². The van der Waals surface area contributed by atoms with Crippen molar-refractivity contribution in [2.45, 2.75) is 39.0 Å². The van der Waals surface area contributed by atoms with Gasteiger partial charge in [0.15, 0.2) is 11.6 Å². The summed E-state index contributed by atoms with van der Waals surface area (Å²) in [6.07, 6.45) is 2.26. The van der Waals surface area contributed by atoms with Gasteiger partial charge in [0, 0.05) is 6.42 Å². The standard InChI is InChI=1S/C15H18O4/c1-2-3-4-9-13(17)15(19)10-14(18)11-7-5-6-8-12(11)16/h5-8,16H,2-4,9-10H2,1H3. The lowest BCUT2D eigenvalue weighted by Gasteiger charge is -2.03. The number of aromatic hydroxyl groups is 1. The van der Waals surface area contributed by atoms with Gasteiger partial charge in [-0.05, 0) is 18.6 Å². The average Bonchev–Trinajstić information content (AvgIpc) is 2.39. The van der Waals surface area contributed by atoms with Gasteiger partial charge < -0.3 is 5.11 Å². The number of carbonyl (C=O) groups excluding carboxylic acids is 3. The minimum atomic E-state index is -0.677. The van der Waals surface area contributed by atoms with Crippen LogP contribution in [0.5, 0.6) is 5.75 Å². The molecule has 0 radical (unpaired) electrons. The second kappa shape index (κ2) is 7.46. The summed E-state index contributed by atoms with van der Waals surface area (Å²) < 4.78 is 0. The van der Waals surface area contributed by atoms with Gasteiger partial charge in [-0.15, -0.1) is 0 Å². The molecule has 0 bridgehead atoms. The summed E-state index contributed by atoms with van der Waals surface area (Å²) in [7, 11) is 0. The van der Waals surface area contributed by atoms with Gasteiger partial charge in [-0.1, -0.05) is 31.9 Å². The molecule has 0 aromatic heterocycles. The third kappa shape index (κ3) is 4.66. The highest BCUT2D eigenvalue weighted by molar-refractivity contribution is 6.41. The predicted molar refractivity (Wildman–Crippen MR) is 71.2 cm³/mol. The summed E-state index contributed by atoms with van der Waals surface area (Å²) in [5.74, 6) is -1.87. The maximum atomic E-state index is 11.8. The molecule has 0 aliphatic heterocycles. The normalized spacial score (nSPS) is 10.2. The Labute approximate surface area is 112 Å². The van der Waals surface area contributed by atoms with Crippen molar-refractivity contribution < 1.29 is 19.5 Å². The van der Waals surface area contributed by atoms with Crippen LogP contribution in [0.1, 0.15) is 49.4 Å². The number of para-hydroxylation sites is 1. The minimum Gasteiger partial charge on any atom is -0.507 e. The molecule has 0 saturated heterocycles. The van der Waals surface area contributed by atoms with Gasteiger partial charge in [-0.3, -0.25) is 14.4 Å². The molecule has 102 valence electrons. The maximum absolute atomic E-state index is 11.8. The zero-order chi connectivity index (χ0) is 14.3. The van der Waals surface area contributed by atoms with Crippen molar-refractivity contribution >= 4 is 17.3 Å². The fourth-order valence-electron chi connectivity index (χ4n) is 1.72. The Kier molecular flexibility index (Phi) is 5.93. The minimum absolute atomic E-state index is 0.0807. The van der Waals surface area contributed by atoms with E-state index in [0.717, 1.165) is 12.8 Å². The molecule has 0 heterocycles. The molecule has 1 aromatic rings. The zero-order valence-corrected chi connectivity index (χ0v) is 11.0. The molecule has 0 fully saturated rings. The zero-order valence-electron chi connectivity index (χ0n) is 11.0. The lowest BCUT2D eigenvalue weighted by Crippen LogP contribution is -2.18. The Morgan fingerprint density at radius 2 is 1.74 bits per heavy atom. The van der Waals surface area contributed by atoms with Crippen LogP contribution in [0, 0.1) is 0 Å². The summed E-state index contributed by atoms with van der Waals surface area (Å²) in [6, 6.07) is 6.00. The Balaban J connectivity index is 2.55. The molecule has 0 atom stereocenters. The monoisotopic (exact) mass is 262 g/mol. The molecule has 4 nitrogen and oxygen atoms in total. The summed E-state index contributed by atoms with van der Waals surface area (Å²) in [5.41, 5.74) is 0.0807. The smallest absolute Gasteiger partial charge is 0.206 e. The maximum Gasteiger partial charge on any atom is 0.206 e. The first-order valence-corrected chi connectivity index (χ1v) is 6.43. The Hall–Kier alpha value is -1.97. The first-order chi connectivity index (χ1) is 9.06. The fraction of sp³-hybridized carbons (Fsp3) is 0.400. The van der Waals surface area contributed by atoms with Crippen molar-refractivity contribution in [1.82, 2.24) is 0 Å². The van der Waals surface area contributed by atoms with Crippen molar-refractivity contribution in [2.75, 3.05) is 0 Å². The van der Waals surface area contributed by atoms with Gasteiger partial charge >= 0.3 is 0 Å². The second-order valence-corrected chi connectivity index (χ2v) is 4.42. The number of ketones is 3. The van der Waals surface area contributed by atoms with Crippen LogP contribution in [0.25, 0.3) is 0 Å². The van der Waals surface area contributed by atoms with E-state index in [1.165, 1.54) is 12.1 Å². The number of phenols is 1. The highest BCUT2D eigenvalue weighted by Crippen LogP contribution is 2.17.